The monoisotopic (exact) mass is 268 g/mol. The zero-order valence-electron chi connectivity index (χ0n) is 8.95. The van der Waals surface area contributed by atoms with Crippen LogP contribution in [-0.4, -0.2) is 10.9 Å². The molecule has 1 aromatic carbocycles. The van der Waals surface area contributed by atoms with Crippen LogP contribution in [0.25, 0.3) is 11.3 Å². The van der Waals surface area contributed by atoms with Crippen LogP contribution in [0.2, 0.25) is 5.02 Å². The van der Waals surface area contributed by atoms with E-state index in [0.717, 1.165) is 18.2 Å². The van der Waals surface area contributed by atoms with E-state index in [9.17, 15) is 13.6 Å². The van der Waals surface area contributed by atoms with Crippen molar-refractivity contribution >= 4 is 17.5 Å². The van der Waals surface area contributed by atoms with E-state index >= 15 is 0 Å². The Morgan fingerprint density at radius 2 is 1.83 bits per heavy atom. The van der Waals surface area contributed by atoms with Gasteiger partial charge in [-0.15, -0.1) is 0 Å². The molecule has 0 saturated heterocycles. The minimum Gasteiger partial charge on any atom is -0.365 e. The maximum Gasteiger partial charge on any atom is 0.252 e. The van der Waals surface area contributed by atoms with Crippen LogP contribution in [0.4, 0.5) is 8.78 Å². The summed E-state index contributed by atoms with van der Waals surface area (Å²) in [5.41, 5.74) is 5.26. The molecule has 3 nitrogen and oxygen atoms in total. The molecule has 2 N–H and O–H groups in total. The Balaban J connectivity index is 2.71. The van der Waals surface area contributed by atoms with Crippen molar-refractivity contribution in [2.45, 2.75) is 0 Å². The Kier molecular flexibility index (Phi) is 3.25. The molecule has 0 aliphatic rings. The lowest BCUT2D eigenvalue weighted by Gasteiger charge is -2.07. The first-order chi connectivity index (χ1) is 8.49. The number of carbonyl (C=O) groups is 1. The molecule has 18 heavy (non-hydrogen) atoms. The Morgan fingerprint density at radius 3 is 2.39 bits per heavy atom. The maximum atomic E-state index is 13.1. The summed E-state index contributed by atoms with van der Waals surface area (Å²) in [4.78, 5) is 15.2. The lowest BCUT2D eigenvalue weighted by Crippen LogP contribution is -2.14. The molecule has 0 bridgehead atoms. The largest absolute Gasteiger partial charge is 0.365 e. The third-order valence-corrected chi connectivity index (χ3v) is 2.60. The molecule has 0 aliphatic heterocycles. The Labute approximate surface area is 106 Å². The van der Waals surface area contributed by atoms with Gasteiger partial charge in [-0.3, -0.25) is 9.78 Å². The van der Waals surface area contributed by atoms with Gasteiger partial charge in [0, 0.05) is 17.8 Å². The standard InChI is InChI=1S/C12H7ClF2N2O/c13-9-1-2-17-11(10(9)12(16)18)6-3-7(14)5-8(15)4-6/h1-5H,(H2,16,18). The summed E-state index contributed by atoms with van der Waals surface area (Å²) in [7, 11) is 0. The average molecular weight is 269 g/mol. The van der Waals surface area contributed by atoms with Gasteiger partial charge in [0.15, 0.2) is 0 Å². The van der Waals surface area contributed by atoms with Crippen molar-refractivity contribution in [3.8, 4) is 11.3 Å². The van der Waals surface area contributed by atoms with E-state index in [0.29, 0.717) is 0 Å². The van der Waals surface area contributed by atoms with Gasteiger partial charge in [0.2, 0.25) is 0 Å². The van der Waals surface area contributed by atoms with Gasteiger partial charge in [0.1, 0.15) is 11.6 Å². The zero-order chi connectivity index (χ0) is 13.3. The molecule has 2 aromatic rings. The number of hydrogen-bond donors (Lipinski definition) is 1. The van der Waals surface area contributed by atoms with Crippen molar-refractivity contribution in [1.82, 2.24) is 4.98 Å². The Bertz CT molecular complexity index is 611. The summed E-state index contributed by atoms with van der Waals surface area (Å²) in [6.07, 6.45) is 1.33. The summed E-state index contributed by atoms with van der Waals surface area (Å²) in [6.45, 7) is 0. The van der Waals surface area contributed by atoms with E-state index < -0.39 is 17.5 Å². The van der Waals surface area contributed by atoms with Gasteiger partial charge in [0.25, 0.3) is 5.91 Å². The van der Waals surface area contributed by atoms with Gasteiger partial charge in [0.05, 0.1) is 16.3 Å². The number of carbonyl (C=O) groups excluding carboxylic acids is 1. The SMILES string of the molecule is NC(=O)c1c(Cl)ccnc1-c1cc(F)cc(F)c1. The Hall–Kier alpha value is -2.01. The Morgan fingerprint density at radius 1 is 1.22 bits per heavy atom. The van der Waals surface area contributed by atoms with Crippen LogP contribution >= 0.6 is 11.6 Å². The van der Waals surface area contributed by atoms with Gasteiger partial charge in [-0.2, -0.15) is 0 Å². The number of primary amides is 1. The van der Waals surface area contributed by atoms with Crippen molar-refractivity contribution in [2.75, 3.05) is 0 Å². The number of hydrogen-bond acceptors (Lipinski definition) is 2. The predicted molar refractivity (Wildman–Crippen MR) is 63.1 cm³/mol. The topological polar surface area (TPSA) is 56.0 Å². The van der Waals surface area contributed by atoms with Gasteiger partial charge in [-0.1, -0.05) is 11.6 Å². The number of nitrogens with zero attached hydrogens (tertiary/aromatic N) is 1. The molecule has 6 heteroatoms. The zero-order valence-corrected chi connectivity index (χ0v) is 9.71. The summed E-state index contributed by atoms with van der Waals surface area (Å²) in [5.74, 6) is -2.36. The van der Waals surface area contributed by atoms with Crippen LogP contribution in [0.15, 0.2) is 30.5 Å². The third kappa shape index (κ3) is 2.31. The predicted octanol–water partition coefficient (Wildman–Crippen LogP) is 2.78. The second-order valence-electron chi connectivity index (χ2n) is 3.54. The van der Waals surface area contributed by atoms with E-state index in [-0.39, 0.29) is 21.8 Å². The highest BCUT2D eigenvalue weighted by atomic mass is 35.5. The maximum absolute atomic E-state index is 13.1. The first kappa shape index (κ1) is 12.4. The van der Waals surface area contributed by atoms with Crippen LogP contribution in [0, 0.1) is 11.6 Å². The highest BCUT2D eigenvalue weighted by molar-refractivity contribution is 6.34. The average Bonchev–Trinajstić information content (AvgIpc) is 2.26. The first-order valence-corrected chi connectivity index (χ1v) is 5.27. The molecule has 0 radical (unpaired) electrons. The minimum absolute atomic E-state index is 0.0494. The fraction of sp³-hybridized carbons (Fsp3) is 0. The number of halogens is 3. The number of nitrogens with two attached hydrogens (primary N) is 1. The van der Waals surface area contributed by atoms with Gasteiger partial charge >= 0.3 is 0 Å². The first-order valence-electron chi connectivity index (χ1n) is 4.90. The van der Waals surface area contributed by atoms with Crippen molar-refractivity contribution < 1.29 is 13.6 Å². The number of rotatable bonds is 2. The van der Waals surface area contributed by atoms with Gasteiger partial charge < -0.3 is 5.73 Å². The lowest BCUT2D eigenvalue weighted by atomic mass is 10.1. The number of aromatic nitrogens is 1. The fourth-order valence-electron chi connectivity index (χ4n) is 1.58. The van der Waals surface area contributed by atoms with E-state index in [4.69, 9.17) is 17.3 Å². The molecular weight excluding hydrogens is 262 g/mol. The molecule has 2 rings (SSSR count). The number of pyridine rings is 1. The second kappa shape index (κ2) is 4.70. The van der Waals surface area contributed by atoms with E-state index in [2.05, 4.69) is 4.98 Å². The van der Waals surface area contributed by atoms with Crippen LogP contribution in [0.5, 0.6) is 0 Å². The molecule has 0 saturated carbocycles. The molecule has 0 atom stereocenters. The van der Waals surface area contributed by atoms with Crippen LogP contribution in [-0.2, 0) is 0 Å². The molecule has 0 fully saturated rings. The smallest absolute Gasteiger partial charge is 0.252 e. The van der Waals surface area contributed by atoms with Crippen molar-refractivity contribution in [3.05, 3.63) is 52.7 Å². The molecule has 1 amide bonds. The highest BCUT2D eigenvalue weighted by Crippen LogP contribution is 2.27. The number of benzene rings is 1. The molecule has 0 unspecified atom stereocenters. The van der Waals surface area contributed by atoms with Crippen LogP contribution in [0.1, 0.15) is 10.4 Å². The van der Waals surface area contributed by atoms with E-state index in [1.807, 2.05) is 0 Å². The summed E-state index contributed by atoms with van der Waals surface area (Å²) >= 11 is 5.83. The highest BCUT2D eigenvalue weighted by Gasteiger charge is 2.16. The van der Waals surface area contributed by atoms with Crippen molar-refractivity contribution in [3.63, 3.8) is 0 Å². The number of amides is 1. The molecule has 1 heterocycles. The summed E-state index contributed by atoms with van der Waals surface area (Å²) in [5, 5.41) is 0.0807. The van der Waals surface area contributed by atoms with Crippen LogP contribution in [0.3, 0.4) is 0 Å². The van der Waals surface area contributed by atoms with E-state index in [1.165, 1.54) is 12.3 Å². The molecule has 92 valence electrons. The normalized spacial score (nSPS) is 10.4. The molecular formula is C12H7ClF2N2O. The molecule has 0 aliphatic carbocycles. The lowest BCUT2D eigenvalue weighted by molar-refractivity contribution is 0.100. The molecule has 1 aromatic heterocycles. The second-order valence-corrected chi connectivity index (χ2v) is 3.95. The fourth-order valence-corrected chi connectivity index (χ4v) is 1.82. The van der Waals surface area contributed by atoms with Crippen molar-refractivity contribution in [1.29, 1.82) is 0 Å². The quantitative estimate of drug-likeness (QED) is 0.910. The van der Waals surface area contributed by atoms with Gasteiger partial charge in [-0.05, 0) is 18.2 Å². The van der Waals surface area contributed by atoms with Crippen molar-refractivity contribution in [2.24, 2.45) is 5.73 Å². The minimum atomic E-state index is -0.812. The third-order valence-electron chi connectivity index (χ3n) is 2.28. The summed E-state index contributed by atoms with van der Waals surface area (Å²) < 4.78 is 26.3. The van der Waals surface area contributed by atoms with E-state index in [1.54, 1.807) is 0 Å². The molecule has 0 spiro atoms. The van der Waals surface area contributed by atoms with Gasteiger partial charge in [-0.25, -0.2) is 8.78 Å². The summed E-state index contributed by atoms with van der Waals surface area (Å²) in [6, 6.07) is 4.20. The van der Waals surface area contributed by atoms with Crippen LogP contribution < -0.4 is 5.73 Å².